The fraction of sp³-hybridized carbons (Fsp3) is 1.00. The second-order valence-electron chi connectivity index (χ2n) is 6.97. The van der Waals surface area contributed by atoms with E-state index in [0.717, 1.165) is 0 Å². The zero-order valence-electron chi connectivity index (χ0n) is 15.9. The summed E-state index contributed by atoms with van der Waals surface area (Å²) in [6, 6.07) is -0.597. The van der Waals surface area contributed by atoms with Crippen molar-refractivity contribution in [3.8, 4) is 0 Å². The number of nitroso groups, excluding NO2 is 1. The maximum absolute atomic E-state index is 13.0. The number of hydrogen-bond donors (Lipinski definition) is 3. The Labute approximate surface area is 156 Å². The molecule has 1 saturated heterocycles. The van der Waals surface area contributed by atoms with Crippen LogP contribution in [0.15, 0.2) is 5.18 Å². The maximum atomic E-state index is 13.0. The molecule has 152 valence electrons. The molecule has 0 unspecified atom stereocenters. The van der Waals surface area contributed by atoms with Crippen molar-refractivity contribution >= 4 is 17.3 Å². The highest BCUT2D eigenvalue weighted by Crippen LogP contribution is 2.28. The molecule has 1 fully saturated rings. The summed E-state index contributed by atoms with van der Waals surface area (Å²) in [7, 11) is 0.469. The number of hydrogen-bond acceptors (Lipinski definition) is 8. The van der Waals surface area contributed by atoms with Crippen LogP contribution < -0.4 is 5.32 Å². The molecule has 0 aromatic rings. The van der Waals surface area contributed by atoms with Crippen molar-refractivity contribution in [2.75, 3.05) is 60.4 Å². The number of nitrogens with zero attached hydrogens (tertiary/aromatic N) is 4. The summed E-state index contributed by atoms with van der Waals surface area (Å²) in [6.07, 6.45) is 1.24. The van der Waals surface area contributed by atoms with Crippen molar-refractivity contribution in [3.63, 3.8) is 0 Å². The molecule has 0 aromatic heterocycles. The topological polar surface area (TPSA) is 126 Å². The van der Waals surface area contributed by atoms with E-state index in [4.69, 9.17) is 10.0 Å². The van der Waals surface area contributed by atoms with Crippen LogP contribution in [0.5, 0.6) is 0 Å². The lowest BCUT2D eigenvalue weighted by Crippen LogP contribution is -2.47. The first-order valence-electron chi connectivity index (χ1n) is 8.95. The average Bonchev–Trinajstić information content (AvgIpc) is 2.98. The SMILES string of the molecule is CNCCN(CCN(C)C)S(=O)(=O)N1C[C@H](CCCB(O)O)[C@@H](N=O)C1. The van der Waals surface area contributed by atoms with E-state index in [9.17, 15) is 13.3 Å². The molecule has 0 saturated carbocycles. The van der Waals surface area contributed by atoms with Gasteiger partial charge >= 0.3 is 7.12 Å². The Morgan fingerprint density at radius 3 is 2.46 bits per heavy atom. The molecule has 1 heterocycles. The van der Waals surface area contributed by atoms with Crippen molar-refractivity contribution < 1.29 is 18.5 Å². The highest BCUT2D eigenvalue weighted by Gasteiger charge is 2.41. The van der Waals surface area contributed by atoms with Gasteiger partial charge in [0.05, 0.1) is 0 Å². The van der Waals surface area contributed by atoms with Gasteiger partial charge in [-0.05, 0) is 39.8 Å². The minimum Gasteiger partial charge on any atom is -0.427 e. The molecule has 0 spiro atoms. The van der Waals surface area contributed by atoms with Gasteiger partial charge in [-0.1, -0.05) is 11.6 Å². The molecule has 2 atom stereocenters. The Hall–Kier alpha value is -0.625. The van der Waals surface area contributed by atoms with E-state index in [1.807, 2.05) is 19.0 Å². The molecule has 0 aromatic carbocycles. The lowest BCUT2D eigenvalue weighted by atomic mass is 9.82. The van der Waals surface area contributed by atoms with Gasteiger partial charge in [0.1, 0.15) is 6.04 Å². The van der Waals surface area contributed by atoms with E-state index in [1.165, 1.54) is 8.61 Å². The summed E-state index contributed by atoms with van der Waals surface area (Å²) in [5.41, 5.74) is 0. The van der Waals surface area contributed by atoms with Gasteiger partial charge < -0.3 is 20.3 Å². The molecule has 1 aliphatic rings. The smallest absolute Gasteiger partial charge is 0.427 e. The predicted octanol–water partition coefficient (Wildman–Crippen LogP) is -1.37. The van der Waals surface area contributed by atoms with Gasteiger partial charge in [-0.25, -0.2) is 0 Å². The van der Waals surface area contributed by atoms with Crippen molar-refractivity contribution in [2.45, 2.75) is 25.2 Å². The van der Waals surface area contributed by atoms with Gasteiger partial charge in [-0.15, -0.1) is 0 Å². The number of rotatable bonds is 13. The van der Waals surface area contributed by atoms with Crippen LogP contribution in [0.4, 0.5) is 0 Å². The average molecular weight is 393 g/mol. The zero-order chi connectivity index (χ0) is 19.7. The first-order chi connectivity index (χ1) is 12.2. The van der Waals surface area contributed by atoms with E-state index in [-0.39, 0.29) is 25.3 Å². The molecule has 1 rings (SSSR count). The molecule has 1 aliphatic heterocycles. The van der Waals surface area contributed by atoms with Gasteiger partial charge in [0.15, 0.2) is 0 Å². The second kappa shape index (κ2) is 11.3. The van der Waals surface area contributed by atoms with Crippen LogP contribution in [0.1, 0.15) is 12.8 Å². The van der Waals surface area contributed by atoms with Crippen LogP contribution in [-0.4, -0.2) is 106 Å². The summed E-state index contributed by atoms with van der Waals surface area (Å²) >= 11 is 0. The largest absolute Gasteiger partial charge is 0.451 e. The third kappa shape index (κ3) is 7.18. The van der Waals surface area contributed by atoms with Crippen LogP contribution in [0.25, 0.3) is 0 Å². The normalized spacial score (nSPS) is 21.7. The summed E-state index contributed by atoms with van der Waals surface area (Å²) in [4.78, 5) is 13.1. The molecule has 0 amide bonds. The summed E-state index contributed by atoms with van der Waals surface area (Å²) in [5, 5.41) is 23.9. The van der Waals surface area contributed by atoms with Crippen molar-refractivity contribution in [3.05, 3.63) is 4.91 Å². The van der Waals surface area contributed by atoms with Gasteiger partial charge in [-0.3, -0.25) is 0 Å². The van der Waals surface area contributed by atoms with Gasteiger partial charge in [0.25, 0.3) is 10.2 Å². The first-order valence-corrected chi connectivity index (χ1v) is 10.3. The Kier molecular flexibility index (Phi) is 10.2. The van der Waals surface area contributed by atoms with Crippen LogP contribution in [-0.2, 0) is 10.2 Å². The van der Waals surface area contributed by atoms with Gasteiger partial charge in [-0.2, -0.15) is 21.9 Å². The highest BCUT2D eigenvalue weighted by molar-refractivity contribution is 7.86. The summed E-state index contributed by atoms with van der Waals surface area (Å²) in [6.45, 7) is 2.17. The molecular formula is C14H32BN5O5S. The third-order valence-electron chi connectivity index (χ3n) is 4.61. The summed E-state index contributed by atoms with van der Waals surface area (Å²) in [5.74, 6) is -0.193. The van der Waals surface area contributed by atoms with Crippen LogP contribution in [0.2, 0.25) is 6.32 Å². The van der Waals surface area contributed by atoms with Crippen LogP contribution in [0.3, 0.4) is 0 Å². The van der Waals surface area contributed by atoms with Crippen molar-refractivity contribution in [1.82, 2.24) is 18.8 Å². The third-order valence-corrected chi connectivity index (χ3v) is 6.57. The quantitative estimate of drug-likeness (QED) is 0.260. The van der Waals surface area contributed by atoms with E-state index in [0.29, 0.717) is 39.0 Å². The highest BCUT2D eigenvalue weighted by atomic mass is 32.2. The number of likely N-dealkylation sites (N-methyl/N-ethyl adjacent to an activating group) is 2. The summed E-state index contributed by atoms with van der Waals surface area (Å²) < 4.78 is 28.8. The molecule has 26 heavy (non-hydrogen) atoms. The van der Waals surface area contributed by atoms with Crippen LogP contribution in [0, 0.1) is 10.8 Å². The number of nitrogens with one attached hydrogen (secondary N) is 1. The van der Waals surface area contributed by atoms with Crippen molar-refractivity contribution in [1.29, 1.82) is 0 Å². The van der Waals surface area contributed by atoms with E-state index >= 15 is 0 Å². The molecule has 0 bridgehead atoms. The Bertz CT molecular complexity index is 522. The predicted molar refractivity (Wildman–Crippen MR) is 102 cm³/mol. The van der Waals surface area contributed by atoms with Crippen LogP contribution >= 0.6 is 0 Å². The Morgan fingerprint density at radius 2 is 1.92 bits per heavy atom. The standard InChI is InChI=1S/C14H32BN5O5S/c1-16-7-8-19(10-9-18(2)3)26(24,25)20-11-13(14(12-20)17-23)5-4-6-15(21)22/h13-14,16,21-22H,4-12H2,1-3H3/t13-,14-/m0/s1. The maximum Gasteiger partial charge on any atom is 0.451 e. The van der Waals surface area contributed by atoms with E-state index < -0.39 is 23.4 Å². The van der Waals surface area contributed by atoms with Crippen molar-refractivity contribution in [2.24, 2.45) is 11.1 Å². The van der Waals surface area contributed by atoms with Gasteiger partial charge in [0.2, 0.25) is 0 Å². The zero-order valence-corrected chi connectivity index (χ0v) is 16.7. The Morgan fingerprint density at radius 1 is 1.23 bits per heavy atom. The first kappa shape index (κ1) is 23.4. The van der Waals surface area contributed by atoms with E-state index in [1.54, 1.807) is 7.05 Å². The second-order valence-corrected chi connectivity index (χ2v) is 8.90. The van der Waals surface area contributed by atoms with E-state index in [2.05, 4.69) is 10.5 Å². The lowest BCUT2D eigenvalue weighted by molar-refractivity contribution is 0.310. The molecule has 0 aliphatic carbocycles. The monoisotopic (exact) mass is 393 g/mol. The minimum atomic E-state index is -3.68. The molecular weight excluding hydrogens is 361 g/mol. The van der Waals surface area contributed by atoms with Gasteiger partial charge in [0, 0.05) is 39.3 Å². The lowest BCUT2D eigenvalue weighted by Gasteiger charge is -2.28. The fourth-order valence-electron chi connectivity index (χ4n) is 3.02. The molecule has 0 radical (unpaired) electrons. The Balaban J connectivity index is 2.79. The molecule has 10 nitrogen and oxygen atoms in total. The molecule has 3 N–H and O–H groups in total. The fourth-order valence-corrected chi connectivity index (χ4v) is 4.71. The minimum absolute atomic E-state index is 0.0796. The molecule has 12 heteroatoms.